The fourth-order valence-corrected chi connectivity index (χ4v) is 3.29. The van der Waals surface area contributed by atoms with Crippen LogP contribution < -0.4 is 5.32 Å². The molecule has 1 aliphatic rings. The van der Waals surface area contributed by atoms with Gasteiger partial charge in [-0.1, -0.05) is 0 Å². The number of nitrogens with zero attached hydrogens (tertiary/aromatic N) is 2. The van der Waals surface area contributed by atoms with E-state index in [4.69, 9.17) is 0 Å². The third kappa shape index (κ3) is 1.21. The molecule has 0 saturated carbocycles. The van der Waals surface area contributed by atoms with Crippen molar-refractivity contribution in [1.82, 2.24) is 9.78 Å². The lowest BCUT2D eigenvalue weighted by atomic mass is 10.4. The predicted molar refractivity (Wildman–Crippen MR) is 53.2 cm³/mol. The van der Waals surface area contributed by atoms with E-state index in [0.29, 0.717) is 23.8 Å². The highest BCUT2D eigenvalue weighted by atomic mass is 32.2. The minimum absolute atomic E-state index is 0.158. The van der Waals surface area contributed by atoms with Gasteiger partial charge >= 0.3 is 0 Å². The second-order valence-electron chi connectivity index (χ2n) is 3.33. The molecule has 2 rings (SSSR count). The average molecular weight is 215 g/mol. The number of sulfone groups is 1. The molecule has 0 amide bonds. The first-order valence-corrected chi connectivity index (χ1v) is 6.25. The van der Waals surface area contributed by atoms with E-state index in [9.17, 15) is 8.42 Å². The highest BCUT2D eigenvalue weighted by Gasteiger charge is 2.29. The third-order valence-corrected chi connectivity index (χ3v) is 4.09. The molecule has 0 aliphatic carbocycles. The summed E-state index contributed by atoms with van der Waals surface area (Å²) in [4.78, 5) is 0. The first-order chi connectivity index (χ1) is 6.56. The summed E-state index contributed by atoms with van der Waals surface area (Å²) in [7, 11) is -3.13. The summed E-state index contributed by atoms with van der Waals surface area (Å²) in [5, 5.41) is 7.61. The van der Waals surface area contributed by atoms with Crippen LogP contribution in [0.25, 0.3) is 0 Å². The lowest BCUT2D eigenvalue weighted by Crippen LogP contribution is -2.25. The van der Waals surface area contributed by atoms with Gasteiger partial charge in [-0.05, 0) is 13.8 Å². The van der Waals surface area contributed by atoms with Gasteiger partial charge in [-0.25, -0.2) is 8.42 Å². The zero-order valence-corrected chi connectivity index (χ0v) is 9.06. The largest absolute Gasteiger partial charge is 0.380 e. The van der Waals surface area contributed by atoms with Crippen LogP contribution in [0, 0.1) is 6.92 Å². The van der Waals surface area contributed by atoms with Crippen molar-refractivity contribution in [2.75, 3.05) is 17.6 Å². The molecule has 0 saturated heterocycles. The Kier molecular flexibility index (Phi) is 2.02. The molecule has 0 fully saturated rings. The van der Waals surface area contributed by atoms with Crippen LogP contribution in [0.5, 0.6) is 0 Å². The number of hydrogen-bond donors (Lipinski definition) is 1. The maximum atomic E-state index is 11.8. The fourth-order valence-electron chi connectivity index (χ4n) is 1.70. The van der Waals surface area contributed by atoms with E-state index in [-0.39, 0.29) is 5.75 Å². The summed E-state index contributed by atoms with van der Waals surface area (Å²) in [6, 6.07) is 0. The van der Waals surface area contributed by atoms with Gasteiger partial charge in [0.15, 0.2) is 14.9 Å². The Labute approximate surface area is 83.0 Å². The number of aryl methyl sites for hydroxylation is 2. The number of nitrogens with one attached hydrogen (secondary N) is 1. The molecule has 2 heterocycles. The van der Waals surface area contributed by atoms with Gasteiger partial charge in [0.1, 0.15) is 0 Å². The lowest BCUT2D eigenvalue weighted by molar-refractivity contribution is 0.551. The highest BCUT2D eigenvalue weighted by Crippen LogP contribution is 2.28. The first kappa shape index (κ1) is 9.51. The summed E-state index contributed by atoms with van der Waals surface area (Å²) in [6.07, 6.45) is 0. The van der Waals surface area contributed by atoms with E-state index in [2.05, 4.69) is 10.4 Å². The molecule has 14 heavy (non-hydrogen) atoms. The Morgan fingerprint density at radius 2 is 2.29 bits per heavy atom. The van der Waals surface area contributed by atoms with Gasteiger partial charge in [0, 0.05) is 13.1 Å². The predicted octanol–water partition coefficient (Wildman–Crippen LogP) is 0.411. The molecule has 5 nitrogen and oxygen atoms in total. The molecule has 78 valence electrons. The van der Waals surface area contributed by atoms with Crippen LogP contribution in [0.4, 0.5) is 5.69 Å². The van der Waals surface area contributed by atoms with Crippen molar-refractivity contribution in [3.8, 4) is 0 Å². The molecule has 1 aromatic rings. The Bertz CT molecular complexity index is 461. The number of aromatic nitrogens is 2. The molecule has 0 radical (unpaired) electrons. The molecule has 0 unspecified atom stereocenters. The molecule has 0 aromatic carbocycles. The summed E-state index contributed by atoms with van der Waals surface area (Å²) < 4.78 is 25.1. The van der Waals surface area contributed by atoms with Gasteiger partial charge in [0.25, 0.3) is 0 Å². The van der Waals surface area contributed by atoms with E-state index < -0.39 is 9.84 Å². The standard InChI is InChI=1S/C8H13N3O2S/c1-3-11-8-7(6(2)10-11)9-4-5-14(8,12)13/h9H,3-5H2,1-2H3. The average Bonchev–Trinajstić information content (AvgIpc) is 2.44. The van der Waals surface area contributed by atoms with Crippen molar-refractivity contribution < 1.29 is 8.42 Å². The summed E-state index contributed by atoms with van der Waals surface area (Å²) >= 11 is 0. The van der Waals surface area contributed by atoms with Crippen LogP contribution >= 0.6 is 0 Å². The highest BCUT2D eigenvalue weighted by molar-refractivity contribution is 7.91. The SMILES string of the molecule is CCn1nc(C)c2c1S(=O)(=O)CCN2. The van der Waals surface area contributed by atoms with Gasteiger partial charge in [0.2, 0.25) is 0 Å². The summed E-state index contributed by atoms with van der Waals surface area (Å²) in [5.74, 6) is 0.158. The molecule has 0 spiro atoms. The van der Waals surface area contributed by atoms with E-state index in [1.54, 1.807) is 4.68 Å². The molecular formula is C8H13N3O2S. The van der Waals surface area contributed by atoms with Gasteiger partial charge in [-0.2, -0.15) is 5.10 Å². The second kappa shape index (κ2) is 2.98. The number of rotatable bonds is 1. The number of anilines is 1. The van der Waals surface area contributed by atoms with Crippen LogP contribution in [-0.2, 0) is 16.4 Å². The van der Waals surface area contributed by atoms with Crippen LogP contribution in [0.2, 0.25) is 0 Å². The molecule has 1 aromatic heterocycles. The lowest BCUT2D eigenvalue weighted by Gasteiger charge is -2.15. The van der Waals surface area contributed by atoms with Crippen molar-refractivity contribution in [2.45, 2.75) is 25.4 Å². The van der Waals surface area contributed by atoms with E-state index in [0.717, 1.165) is 5.69 Å². The fraction of sp³-hybridized carbons (Fsp3) is 0.625. The van der Waals surface area contributed by atoms with Gasteiger partial charge in [-0.3, -0.25) is 4.68 Å². The Morgan fingerprint density at radius 1 is 1.57 bits per heavy atom. The smallest absolute Gasteiger partial charge is 0.199 e. The third-order valence-electron chi connectivity index (χ3n) is 2.35. The summed E-state index contributed by atoms with van der Waals surface area (Å²) in [6.45, 7) is 4.76. The van der Waals surface area contributed by atoms with Crippen molar-refractivity contribution in [3.63, 3.8) is 0 Å². The first-order valence-electron chi connectivity index (χ1n) is 4.60. The van der Waals surface area contributed by atoms with Crippen LogP contribution in [0.1, 0.15) is 12.6 Å². The zero-order chi connectivity index (χ0) is 10.3. The summed E-state index contributed by atoms with van der Waals surface area (Å²) in [5.41, 5.74) is 1.43. The van der Waals surface area contributed by atoms with Crippen LogP contribution in [-0.4, -0.2) is 30.5 Å². The van der Waals surface area contributed by atoms with Crippen molar-refractivity contribution in [1.29, 1.82) is 0 Å². The van der Waals surface area contributed by atoms with E-state index >= 15 is 0 Å². The Balaban J connectivity index is 2.72. The minimum Gasteiger partial charge on any atom is -0.380 e. The normalized spacial score (nSPS) is 18.7. The molecule has 0 atom stereocenters. The molecular weight excluding hydrogens is 202 g/mol. The van der Waals surface area contributed by atoms with Crippen molar-refractivity contribution >= 4 is 15.5 Å². The molecule has 1 N–H and O–H groups in total. The van der Waals surface area contributed by atoms with Crippen LogP contribution in [0.15, 0.2) is 5.03 Å². The van der Waals surface area contributed by atoms with Gasteiger partial charge in [0.05, 0.1) is 17.1 Å². The van der Waals surface area contributed by atoms with Crippen molar-refractivity contribution in [2.24, 2.45) is 0 Å². The minimum atomic E-state index is -3.13. The van der Waals surface area contributed by atoms with Gasteiger partial charge in [-0.15, -0.1) is 0 Å². The number of hydrogen-bond acceptors (Lipinski definition) is 4. The maximum Gasteiger partial charge on any atom is 0.199 e. The molecule has 1 aliphatic heterocycles. The second-order valence-corrected chi connectivity index (χ2v) is 5.35. The zero-order valence-electron chi connectivity index (χ0n) is 8.24. The van der Waals surface area contributed by atoms with Crippen molar-refractivity contribution in [3.05, 3.63) is 5.69 Å². The molecule has 6 heteroatoms. The van der Waals surface area contributed by atoms with E-state index in [1.807, 2.05) is 13.8 Å². The quantitative estimate of drug-likeness (QED) is 0.737. The number of fused-ring (bicyclic) bond motifs is 1. The monoisotopic (exact) mass is 215 g/mol. The van der Waals surface area contributed by atoms with E-state index in [1.165, 1.54) is 0 Å². The Hall–Kier alpha value is -1.04. The maximum absolute atomic E-state index is 11.8. The Morgan fingerprint density at radius 3 is 2.93 bits per heavy atom. The van der Waals surface area contributed by atoms with Gasteiger partial charge < -0.3 is 5.32 Å². The van der Waals surface area contributed by atoms with Crippen LogP contribution in [0.3, 0.4) is 0 Å². The molecule has 0 bridgehead atoms. The topological polar surface area (TPSA) is 64.0 Å².